The van der Waals surface area contributed by atoms with Gasteiger partial charge in [-0.25, -0.2) is 0 Å². The standard InChI is InChI=1S/C27H22N2O3S2/c1-2-31-24-14-20(12-13-23(24)32-18-22-11-7-6-10-21(22)16-28)15-25-26(30)29(27(33)34-25)17-19-8-4-3-5-9-19/h3-15H,2,17-18H2,1H3/b25-15-. The number of nitrogens with zero attached hydrogens (tertiary/aromatic N) is 2. The van der Waals surface area contributed by atoms with Crippen LogP contribution in [-0.2, 0) is 17.9 Å². The molecule has 0 radical (unpaired) electrons. The van der Waals surface area contributed by atoms with Gasteiger partial charge in [0.15, 0.2) is 11.5 Å². The maximum absolute atomic E-state index is 13.0. The van der Waals surface area contributed by atoms with E-state index < -0.39 is 0 Å². The Morgan fingerprint density at radius 3 is 2.56 bits per heavy atom. The molecule has 1 amide bonds. The number of thioether (sulfide) groups is 1. The molecule has 1 aliphatic heterocycles. The van der Waals surface area contributed by atoms with Crippen LogP contribution in [0.2, 0.25) is 0 Å². The Labute approximate surface area is 208 Å². The Morgan fingerprint density at radius 1 is 1.03 bits per heavy atom. The third-order valence-electron chi connectivity index (χ3n) is 5.14. The first-order valence-corrected chi connectivity index (χ1v) is 12.0. The van der Waals surface area contributed by atoms with Gasteiger partial charge in [-0.1, -0.05) is 78.6 Å². The van der Waals surface area contributed by atoms with Crippen molar-refractivity contribution in [3.8, 4) is 17.6 Å². The second-order valence-electron chi connectivity index (χ2n) is 7.45. The second kappa shape index (κ2) is 11.0. The maximum Gasteiger partial charge on any atom is 0.266 e. The number of amides is 1. The van der Waals surface area contributed by atoms with Crippen molar-refractivity contribution < 1.29 is 14.3 Å². The zero-order valence-electron chi connectivity index (χ0n) is 18.6. The fourth-order valence-electron chi connectivity index (χ4n) is 3.47. The van der Waals surface area contributed by atoms with Gasteiger partial charge in [-0.15, -0.1) is 0 Å². The molecule has 1 heterocycles. The smallest absolute Gasteiger partial charge is 0.266 e. The van der Waals surface area contributed by atoms with Crippen molar-refractivity contribution in [3.63, 3.8) is 0 Å². The highest BCUT2D eigenvalue weighted by molar-refractivity contribution is 8.26. The lowest BCUT2D eigenvalue weighted by Gasteiger charge is -2.14. The van der Waals surface area contributed by atoms with Gasteiger partial charge < -0.3 is 9.47 Å². The van der Waals surface area contributed by atoms with Crippen LogP contribution in [0.4, 0.5) is 0 Å². The highest BCUT2D eigenvalue weighted by Gasteiger charge is 2.32. The fourth-order valence-corrected chi connectivity index (χ4v) is 4.72. The number of hydrogen-bond acceptors (Lipinski definition) is 6. The predicted molar refractivity (Wildman–Crippen MR) is 138 cm³/mol. The van der Waals surface area contributed by atoms with Crippen LogP contribution >= 0.6 is 24.0 Å². The van der Waals surface area contributed by atoms with Crippen LogP contribution in [0.15, 0.2) is 77.7 Å². The van der Waals surface area contributed by atoms with Gasteiger partial charge in [-0.05, 0) is 42.3 Å². The third-order valence-corrected chi connectivity index (χ3v) is 6.52. The summed E-state index contributed by atoms with van der Waals surface area (Å²) in [4.78, 5) is 15.2. The third kappa shape index (κ3) is 5.48. The van der Waals surface area contributed by atoms with Crippen LogP contribution in [0.1, 0.15) is 29.2 Å². The van der Waals surface area contributed by atoms with E-state index in [4.69, 9.17) is 21.7 Å². The summed E-state index contributed by atoms with van der Waals surface area (Å²) in [5, 5.41) is 9.29. The highest BCUT2D eigenvalue weighted by atomic mass is 32.2. The van der Waals surface area contributed by atoms with E-state index in [2.05, 4.69) is 6.07 Å². The Kier molecular flexibility index (Phi) is 7.63. The summed E-state index contributed by atoms with van der Waals surface area (Å²) in [6.45, 7) is 3.06. The van der Waals surface area contributed by atoms with Gasteiger partial charge in [-0.2, -0.15) is 5.26 Å². The lowest BCUT2D eigenvalue weighted by atomic mass is 10.1. The molecule has 170 valence electrons. The van der Waals surface area contributed by atoms with Gasteiger partial charge in [0.1, 0.15) is 10.9 Å². The molecule has 1 saturated heterocycles. The van der Waals surface area contributed by atoms with Crippen LogP contribution in [-0.4, -0.2) is 21.7 Å². The van der Waals surface area contributed by atoms with Crippen LogP contribution in [0.5, 0.6) is 11.5 Å². The van der Waals surface area contributed by atoms with E-state index in [-0.39, 0.29) is 12.5 Å². The molecule has 3 aromatic rings. The predicted octanol–water partition coefficient (Wildman–Crippen LogP) is 5.94. The van der Waals surface area contributed by atoms with Crippen molar-refractivity contribution in [3.05, 3.63) is 100.0 Å². The molecule has 4 rings (SSSR count). The van der Waals surface area contributed by atoms with Crippen molar-refractivity contribution in [2.45, 2.75) is 20.1 Å². The molecule has 34 heavy (non-hydrogen) atoms. The van der Waals surface area contributed by atoms with Crippen molar-refractivity contribution in [1.82, 2.24) is 4.90 Å². The van der Waals surface area contributed by atoms with Gasteiger partial charge in [0, 0.05) is 5.56 Å². The molecule has 0 aliphatic carbocycles. The maximum atomic E-state index is 13.0. The monoisotopic (exact) mass is 486 g/mol. The molecular weight excluding hydrogens is 464 g/mol. The number of ether oxygens (including phenoxy) is 2. The largest absolute Gasteiger partial charge is 0.490 e. The quantitative estimate of drug-likeness (QED) is 0.290. The Morgan fingerprint density at radius 2 is 1.79 bits per heavy atom. The van der Waals surface area contributed by atoms with Crippen LogP contribution < -0.4 is 9.47 Å². The summed E-state index contributed by atoms with van der Waals surface area (Å²) in [5.74, 6) is 1.04. The molecule has 0 spiro atoms. The van der Waals surface area contributed by atoms with E-state index in [1.807, 2.05) is 79.7 Å². The van der Waals surface area contributed by atoms with E-state index in [0.29, 0.717) is 39.4 Å². The Hall–Kier alpha value is -3.60. The number of rotatable bonds is 8. The number of hydrogen-bond donors (Lipinski definition) is 0. The average Bonchev–Trinajstić information content (AvgIpc) is 3.12. The Balaban J connectivity index is 1.52. The molecule has 1 aliphatic rings. The SMILES string of the molecule is CCOc1cc(/C=C2\SC(=S)N(Cc3ccccc3)C2=O)ccc1OCc1ccccc1C#N. The molecule has 7 heteroatoms. The van der Waals surface area contributed by atoms with Crippen molar-refractivity contribution in [2.75, 3.05) is 6.61 Å². The minimum Gasteiger partial charge on any atom is -0.490 e. The first-order valence-electron chi connectivity index (χ1n) is 10.8. The van der Waals surface area contributed by atoms with Crippen LogP contribution in [0.25, 0.3) is 6.08 Å². The van der Waals surface area contributed by atoms with Gasteiger partial charge in [-0.3, -0.25) is 9.69 Å². The van der Waals surface area contributed by atoms with Crippen molar-refractivity contribution in [1.29, 1.82) is 5.26 Å². The highest BCUT2D eigenvalue weighted by Crippen LogP contribution is 2.36. The number of carbonyl (C=O) groups excluding carboxylic acids is 1. The summed E-state index contributed by atoms with van der Waals surface area (Å²) < 4.78 is 12.3. The van der Waals surface area contributed by atoms with Crippen LogP contribution in [0.3, 0.4) is 0 Å². The van der Waals surface area contributed by atoms with Gasteiger partial charge in [0.05, 0.1) is 29.7 Å². The van der Waals surface area contributed by atoms with Crippen LogP contribution in [0, 0.1) is 11.3 Å². The molecule has 3 aromatic carbocycles. The first kappa shape index (κ1) is 23.6. The van der Waals surface area contributed by atoms with Gasteiger partial charge in [0.2, 0.25) is 0 Å². The Bertz CT molecular complexity index is 1280. The van der Waals surface area contributed by atoms with E-state index in [1.165, 1.54) is 11.8 Å². The molecular formula is C27H22N2O3S2. The topological polar surface area (TPSA) is 62.6 Å². The summed E-state index contributed by atoms with van der Waals surface area (Å²) >= 11 is 6.76. The average molecular weight is 487 g/mol. The van der Waals surface area contributed by atoms with Gasteiger partial charge in [0.25, 0.3) is 5.91 Å². The first-order chi connectivity index (χ1) is 16.6. The molecule has 0 bridgehead atoms. The summed E-state index contributed by atoms with van der Waals surface area (Å²) in [6.07, 6.45) is 1.82. The lowest BCUT2D eigenvalue weighted by molar-refractivity contribution is -0.122. The number of nitriles is 1. The number of benzene rings is 3. The zero-order chi connectivity index (χ0) is 23.9. The van der Waals surface area contributed by atoms with E-state index in [0.717, 1.165) is 16.7 Å². The van der Waals surface area contributed by atoms with Crippen molar-refractivity contribution in [2.24, 2.45) is 0 Å². The van der Waals surface area contributed by atoms with E-state index >= 15 is 0 Å². The molecule has 1 fully saturated rings. The lowest BCUT2D eigenvalue weighted by Crippen LogP contribution is -2.27. The minimum absolute atomic E-state index is 0.106. The van der Waals surface area contributed by atoms with E-state index in [9.17, 15) is 10.1 Å². The molecule has 5 nitrogen and oxygen atoms in total. The van der Waals surface area contributed by atoms with E-state index in [1.54, 1.807) is 11.0 Å². The minimum atomic E-state index is -0.106. The van der Waals surface area contributed by atoms with Gasteiger partial charge >= 0.3 is 0 Å². The molecule has 0 atom stereocenters. The number of carbonyl (C=O) groups is 1. The molecule has 0 N–H and O–H groups in total. The normalized spacial score (nSPS) is 14.4. The second-order valence-corrected chi connectivity index (χ2v) is 9.13. The molecule has 0 unspecified atom stereocenters. The summed E-state index contributed by atoms with van der Waals surface area (Å²) in [6, 6.07) is 24.8. The molecule has 0 saturated carbocycles. The number of thiocarbonyl (C=S) groups is 1. The summed E-state index contributed by atoms with van der Waals surface area (Å²) in [7, 11) is 0. The summed E-state index contributed by atoms with van der Waals surface area (Å²) in [5.41, 5.74) is 3.22. The zero-order valence-corrected chi connectivity index (χ0v) is 20.2. The molecule has 0 aromatic heterocycles. The fraction of sp³-hybridized carbons (Fsp3) is 0.148. The van der Waals surface area contributed by atoms with Crippen molar-refractivity contribution >= 4 is 40.3 Å².